The number of likely N-dealkylation sites (tertiary alicyclic amines) is 1. The van der Waals surface area contributed by atoms with Crippen LogP contribution in [0.5, 0.6) is 0 Å². The largest absolute Gasteiger partial charge is 0.355 e. The minimum absolute atomic E-state index is 0.133. The SMILES string of the molecule is O=C(NCCCN1CCC2(CCc3ccccc32)CC1)C1(c2ccc(F)cc2)CCCCC1. The fraction of sp³-hybridized carbons (Fsp3) is 0.552. The highest BCUT2D eigenvalue weighted by Gasteiger charge is 2.42. The minimum Gasteiger partial charge on any atom is -0.355 e. The van der Waals surface area contributed by atoms with Gasteiger partial charge in [0.25, 0.3) is 0 Å². The van der Waals surface area contributed by atoms with Gasteiger partial charge in [-0.3, -0.25) is 4.79 Å². The van der Waals surface area contributed by atoms with Gasteiger partial charge in [0.15, 0.2) is 0 Å². The first-order chi connectivity index (χ1) is 16.1. The van der Waals surface area contributed by atoms with E-state index in [4.69, 9.17) is 0 Å². The Bertz CT molecular complexity index is 956. The molecule has 1 amide bonds. The molecule has 2 aromatic rings. The molecule has 0 atom stereocenters. The molecule has 4 heteroatoms. The third-order valence-electron chi connectivity index (χ3n) is 8.75. The molecular formula is C29H37FN2O. The van der Waals surface area contributed by atoms with Gasteiger partial charge in [0, 0.05) is 6.54 Å². The highest BCUT2D eigenvalue weighted by Crippen LogP contribution is 2.46. The number of hydrogen-bond donors (Lipinski definition) is 1. The summed E-state index contributed by atoms with van der Waals surface area (Å²) >= 11 is 0. The molecule has 1 saturated carbocycles. The zero-order chi connectivity index (χ0) is 22.7. The molecule has 33 heavy (non-hydrogen) atoms. The van der Waals surface area contributed by atoms with E-state index < -0.39 is 5.41 Å². The van der Waals surface area contributed by atoms with Crippen molar-refractivity contribution in [3.63, 3.8) is 0 Å². The van der Waals surface area contributed by atoms with E-state index in [2.05, 4.69) is 34.5 Å². The average molecular weight is 449 g/mol. The molecule has 1 saturated heterocycles. The standard InChI is InChI=1S/C29H37FN2O/c30-25-11-9-24(10-12-25)29(14-4-1-5-15-29)27(33)31-19-6-20-32-21-17-28(18-22-32)16-13-23-7-2-3-8-26(23)28/h2-3,7-12H,1,4-6,13-22H2,(H,31,33). The Morgan fingerprint density at radius 1 is 0.909 bits per heavy atom. The molecule has 1 N–H and O–H groups in total. The molecule has 0 unspecified atom stereocenters. The average Bonchev–Trinajstić information content (AvgIpc) is 3.22. The van der Waals surface area contributed by atoms with Crippen molar-refractivity contribution < 1.29 is 9.18 Å². The highest BCUT2D eigenvalue weighted by molar-refractivity contribution is 5.88. The van der Waals surface area contributed by atoms with Crippen LogP contribution in [0.15, 0.2) is 48.5 Å². The van der Waals surface area contributed by atoms with Gasteiger partial charge in [0.2, 0.25) is 5.91 Å². The Morgan fingerprint density at radius 2 is 1.64 bits per heavy atom. The Hall–Kier alpha value is -2.20. The van der Waals surface area contributed by atoms with E-state index in [1.165, 1.54) is 44.2 Å². The second-order valence-corrected chi connectivity index (χ2v) is 10.5. The molecule has 2 aliphatic carbocycles. The van der Waals surface area contributed by atoms with Crippen LogP contribution < -0.4 is 5.32 Å². The zero-order valence-corrected chi connectivity index (χ0v) is 19.8. The fourth-order valence-electron chi connectivity index (χ4n) is 6.73. The van der Waals surface area contributed by atoms with Gasteiger partial charge in [0.1, 0.15) is 5.82 Å². The fourth-order valence-corrected chi connectivity index (χ4v) is 6.73. The Morgan fingerprint density at radius 3 is 2.39 bits per heavy atom. The zero-order valence-electron chi connectivity index (χ0n) is 19.8. The van der Waals surface area contributed by atoms with Crippen LogP contribution >= 0.6 is 0 Å². The number of nitrogens with one attached hydrogen (secondary N) is 1. The molecule has 0 aromatic heterocycles. The van der Waals surface area contributed by atoms with Crippen LogP contribution in [0.2, 0.25) is 0 Å². The lowest BCUT2D eigenvalue weighted by Crippen LogP contribution is -2.47. The molecule has 0 bridgehead atoms. The van der Waals surface area contributed by atoms with Crippen LogP contribution in [0.4, 0.5) is 4.39 Å². The first kappa shape index (κ1) is 22.6. The summed E-state index contributed by atoms with van der Waals surface area (Å²) in [7, 11) is 0. The predicted octanol–water partition coefficient (Wildman–Crippen LogP) is 5.51. The summed E-state index contributed by atoms with van der Waals surface area (Å²) in [5, 5.41) is 3.25. The van der Waals surface area contributed by atoms with Crippen LogP contribution in [0.3, 0.4) is 0 Å². The van der Waals surface area contributed by atoms with Gasteiger partial charge in [-0.1, -0.05) is 55.7 Å². The summed E-state index contributed by atoms with van der Waals surface area (Å²) in [4.78, 5) is 15.9. The number of aryl methyl sites for hydroxylation is 1. The van der Waals surface area contributed by atoms with E-state index in [-0.39, 0.29) is 11.7 Å². The molecule has 176 valence electrons. The maximum atomic E-state index is 13.5. The van der Waals surface area contributed by atoms with Gasteiger partial charge in [0.05, 0.1) is 5.41 Å². The summed E-state index contributed by atoms with van der Waals surface area (Å²) in [6, 6.07) is 15.6. The first-order valence-corrected chi connectivity index (χ1v) is 13.0. The van der Waals surface area contributed by atoms with E-state index in [0.717, 1.165) is 57.3 Å². The van der Waals surface area contributed by atoms with Crippen LogP contribution in [0.1, 0.15) is 74.5 Å². The van der Waals surface area contributed by atoms with Crippen molar-refractivity contribution in [1.82, 2.24) is 10.2 Å². The van der Waals surface area contributed by atoms with Crippen molar-refractivity contribution in [2.75, 3.05) is 26.2 Å². The second-order valence-electron chi connectivity index (χ2n) is 10.5. The van der Waals surface area contributed by atoms with Gasteiger partial charge >= 0.3 is 0 Å². The van der Waals surface area contributed by atoms with Gasteiger partial charge in [-0.15, -0.1) is 0 Å². The van der Waals surface area contributed by atoms with E-state index in [1.807, 2.05) is 12.1 Å². The maximum absolute atomic E-state index is 13.5. The topological polar surface area (TPSA) is 32.3 Å². The number of rotatable bonds is 6. The van der Waals surface area contributed by atoms with Gasteiger partial charge in [-0.2, -0.15) is 0 Å². The summed E-state index contributed by atoms with van der Waals surface area (Å²) < 4.78 is 13.5. The van der Waals surface area contributed by atoms with E-state index in [1.54, 1.807) is 11.1 Å². The number of benzene rings is 2. The monoisotopic (exact) mass is 448 g/mol. The van der Waals surface area contributed by atoms with E-state index in [0.29, 0.717) is 12.0 Å². The lowest BCUT2D eigenvalue weighted by molar-refractivity contribution is -0.128. The lowest BCUT2D eigenvalue weighted by Gasteiger charge is -2.40. The number of carbonyl (C=O) groups excluding carboxylic acids is 1. The summed E-state index contributed by atoms with van der Waals surface area (Å²) in [5.74, 6) is -0.108. The minimum atomic E-state index is -0.487. The molecule has 3 aliphatic rings. The Balaban J connectivity index is 1.12. The van der Waals surface area contributed by atoms with Gasteiger partial charge in [-0.05, 0) is 98.8 Å². The van der Waals surface area contributed by atoms with Crippen molar-refractivity contribution in [2.45, 2.75) is 75.0 Å². The molecule has 2 fully saturated rings. The molecule has 1 spiro atoms. The van der Waals surface area contributed by atoms with Crippen molar-refractivity contribution >= 4 is 5.91 Å². The van der Waals surface area contributed by atoms with Gasteiger partial charge in [-0.25, -0.2) is 4.39 Å². The summed E-state index contributed by atoms with van der Waals surface area (Å²) in [5.41, 5.74) is 4.06. The van der Waals surface area contributed by atoms with Crippen molar-refractivity contribution in [3.05, 3.63) is 71.0 Å². The molecule has 5 rings (SSSR count). The van der Waals surface area contributed by atoms with Crippen molar-refractivity contribution in [1.29, 1.82) is 0 Å². The highest BCUT2D eigenvalue weighted by atomic mass is 19.1. The second kappa shape index (κ2) is 9.58. The summed E-state index contributed by atoms with van der Waals surface area (Å²) in [6.45, 7) is 4.07. The number of nitrogens with zero attached hydrogens (tertiary/aromatic N) is 1. The molecule has 1 heterocycles. The molecular weight excluding hydrogens is 411 g/mol. The summed E-state index contributed by atoms with van der Waals surface area (Å²) in [6.07, 6.45) is 11.0. The van der Waals surface area contributed by atoms with Crippen LogP contribution in [0.25, 0.3) is 0 Å². The Kier molecular flexibility index (Phi) is 6.56. The Labute approximate surface area is 197 Å². The van der Waals surface area contributed by atoms with Crippen molar-refractivity contribution in [3.8, 4) is 0 Å². The lowest BCUT2D eigenvalue weighted by atomic mass is 9.68. The van der Waals surface area contributed by atoms with Crippen LogP contribution in [-0.2, 0) is 22.0 Å². The smallest absolute Gasteiger partial charge is 0.230 e. The number of halogens is 1. The van der Waals surface area contributed by atoms with Gasteiger partial charge < -0.3 is 10.2 Å². The van der Waals surface area contributed by atoms with Crippen LogP contribution in [-0.4, -0.2) is 37.0 Å². The quantitative estimate of drug-likeness (QED) is 0.591. The van der Waals surface area contributed by atoms with E-state index >= 15 is 0 Å². The number of carbonyl (C=O) groups is 1. The van der Waals surface area contributed by atoms with Crippen molar-refractivity contribution in [2.24, 2.45) is 0 Å². The molecule has 3 nitrogen and oxygen atoms in total. The maximum Gasteiger partial charge on any atom is 0.230 e. The molecule has 2 aromatic carbocycles. The predicted molar refractivity (Wildman–Crippen MR) is 131 cm³/mol. The third kappa shape index (κ3) is 4.47. The molecule has 1 aliphatic heterocycles. The first-order valence-electron chi connectivity index (χ1n) is 13.0. The third-order valence-corrected chi connectivity index (χ3v) is 8.75. The van der Waals surface area contributed by atoms with Crippen LogP contribution in [0, 0.1) is 5.82 Å². The number of piperidine rings is 1. The number of fused-ring (bicyclic) bond motifs is 2. The number of hydrogen-bond acceptors (Lipinski definition) is 2. The number of amides is 1. The normalized spacial score (nSPS) is 21.6. The molecule has 0 radical (unpaired) electrons. The van der Waals surface area contributed by atoms with E-state index in [9.17, 15) is 9.18 Å².